The number of carbonyl (C=O) groups excluding carboxylic acids is 4. The minimum Gasteiger partial charge on any atom is -0.455 e. The van der Waals surface area contributed by atoms with Gasteiger partial charge in [0.15, 0.2) is 17.3 Å². The lowest BCUT2D eigenvalue weighted by atomic mass is 9.97. The molecule has 9 heteroatoms. The van der Waals surface area contributed by atoms with Gasteiger partial charge in [-0.15, -0.1) is 0 Å². The molecule has 9 nitrogen and oxygen atoms in total. The number of ketones is 2. The van der Waals surface area contributed by atoms with Crippen molar-refractivity contribution < 1.29 is 23.9 Å². The van der Waals surface area contributed by atoms with E-state index in [1.807, 2.05) is 30.3 Å². The molecule has 1 saturated carbocycles. The zero-order chi connectivity index (χ0) is 30.8. The Morgan fingerprint density at radius 2 is 1.36 bits per heavy atom. The Kier molecular flexibility index (Phi) is 6.09. The summed E-state index contributed by atoms with van der Waals surface area (Å²) in [5, 5.41) is 0.332. The molecule has 1 aromatic heterocycles. The lowest BCUT2D eigenvalue weighted by Crippen LogP contribution is -2.29. The number of aromatic amines is 1. The lowest BCUT2D eigenvalue weighted by Gasteiger charge is -2.21. The van der Waals surface area contributed by atoms with Crippen LogP contribution in [0, 0.1) is 0 Å². The topological polar surface area (TPSA) is 126 Å². The fourth-order valence-corrected chi connectivity index (χ4v) is 6.76. The van der Waals surface area contributed by atoms with Gasteiger partial charge in [-0.2, -0.15) is 0 Å². The van der Waals surface area contributed by atoms with Crippen LogP contribution in [0.4, 0.5) is 5.69 Å². The van der Waals surface area contributed by atoms with E-state index in [9.17, 15) is 24.0 Å². The quantitative estimate of drug-likeness (QED) is 0.186. The Balaban J connectivity index is 1.17. The van der Waals surface area contributed by atoms with Gasteiger partial charge in [0, 0.05) is 11.1 Å². The van der Waals surface area contributed by atoms with Gasteiger partial charge in [-0.3, -0.25) is 24.0 Å². The van der Waals surface area contributed by atoms with Gasteiger partial charge in [0.1, 0.15) is 17.5 Å². The maximum atomic E-state index is 13.9. The maximum absolute atomic E-state index is 13.9. The number of nitrogens with one attached hydrogen (secondary N) is 1. The monoisotopic (exact) mass is 595 g/mol. The summed E-state index contributed by atoms with van der Waals surface area (Å²) in [6.45, 7) is 0. The highest BCUT2D eigenvalue weighted by atomic mass is 16.5. The molecule has 0 atom stereocenters. The van der Waals surface area contributed by atoms with Crippen LogP contribution in [0.15, 0.2) is 89.7 Å². The van der Waals surface area contributed by atoms with E-state index >= 15 is 0 Å². The van der Waals surface area contributed by atoms with Crippen molar-refractivity contribution in [3.8, 4) is 11.5 Å². The van der Waals surface area contributed by atoms with Crippen LogP contribution >= 0.6 is 0 Å². The Morgan fingerprint density at radius 1 is 0.711 bits per heavy atom. The molecule has 0 bridgehead atoms. The fraction of sp³-hybridized carbons (Fsp3) is 0.167. The van der Waals surface area contributed by atoms with Crippen LogP contribution in [0.2, 0.25) is 0 Å². The molecule has 4 aromatic carbocycles. The molecular weight excluding hydrogens is 570 g/mol. The second kappa shape index (κ2) is 10.2. The maximum Gasteiger partial charge on any atom is 0.266 e. The normalized spacial score (nSPS) is 16.6. The van der Waals surface area contributed by atoms with Gasteiger partial charge in [0.05, 0.1) is 27.7 Å². The van der Waals surface area contributed by atoms with Crippen LogP contribution in [0.1, 0.15) is 90.3 Å². The molecule has 0 unspecified atom stereocenters. The van der Waals surface area contributed by atoms with Gasteiger partial charge in [0.2, 0.25) is 0 Å². The number of nitrogens with zero attached hydrogens (tertiary/aromatic N) is 2. The number of imide groups is 1. The number of carbonyl (C=O) groups is 4. The summed E-state index contributed by atoms with van der Waals surface area (Å²) in [5.74, 6) is -2.58. The summed E-state index contributed by atoms with van der Waals surface area (Å²) in [5.41, 5.74) is 1.31. The van der Waals surface area contributed by atoms with E-state index in [4.69, 9.17) is 4.74 Å². The molecule has 1 aliphatic heterocycles. The molecule has 8 rings (SSSR count). The highest BCUT2D eigenvalue weighted by Gasteiger charge is 2.46. The lowest BCUT2D eigenvalue weighted by molar-refractivity contribution is 0.0882. The van der Waals surface area contributed by atoms with Crippen LogP contribution in [-0.4, -0.2) is 33.3 Å². The number of amides is 2. The van der Waals surface area contributed by atoms with Crippen molar-refractivity contribution in [3.05, 3.63) is 129 Å². The van der Waals surface area contributed by atoms with E-state index in [-0.39, 0.29) is 33.8 Å². The first kappa shape index (κ1) is 26.9. The first-order valence-electron chi connectivity index (χ1n) is 14.9. The average molecular weight is 596 g/mol. The summed E-state index contributed by atoms with van der Waals surface area (Å²) < 4.78 is 6.24. The smallest absolute Gasteiger partial charge is 0.266 e. The molecule has 3 aliphatic rings. The molecule has 0 radical (unpaired) electrons. The Hall–Kier alpha value is -5.70. The van der Waals surface area contributed by atoms with Crippen molar-refractivity contribution in [3.63, 3.8) is 0 Å². The molecule has 2 aliphatic carbocycles. The molecule has 1 N–H and O–H groups in total. The van der Waals surface area contributed by atoms with Crippen molar-refractivity contribution in [2.45, 2.75) is 37.5 Å². The van der Waals surface area contributed by atoms with Crippen molar-refractivity contribution in [1.29, 1.82) is 0 Å². The summed E-state index contributed by atoms with van der Waals surface area (Å²) in [4.78, 5) is 75.7. The Labute approximate surface area is 256 Å². The van der Waals surface area contributed by atoms with E-state index in [0.29, 0.717) is 28.3 Å². The number of hydrogen-bond donors (Lipinski definition) is 1. The molecular formula is C36H25N3O6. The Morgan fingerprint density at radius 3 is 2.04 bits per heavy atom. The molecule has 1 fully saturated rings. The zero-order valence-electron chi connectivity index (χ0n) is 23.9. The largest absolute Gasteiger partial charge is 0.455 e. The fourth-order valence-electron chi connectivity index (χ4n) is 6.76. The third kappa shape index (κ3) is 4.22. The number of para-hydroxylation sites is 2. The standard InChI is InChI=1S/C36H25N3O6/c40-31-23-17-25-26(18-24(23)32(41)30(31)33-37-27-13-7-6-12-22(27)34(42)38-33)36(44)39(35(25)43)28-15-14-20(19-8-4-5-9-19)16-29(28)45-21-10-2-1-3-11-21/h1-3,6-7,10-19,30H,4-5,8-9H2,(H,37,38,42). The van der Waals surface area contributed by atoms with Crippen molar-refractivity contribution in [2.24, 2.45) is 0 Å². The van der Waals surface area contributed by atoms with E-state index in [1.165, 1.54) is 12.1 Å². The first-order chi connectivity index (χ1) is 21.9. The van der Waals surface area contributed by atoms with Gasteiger partial charge in [0.25, 0.3) is 17.4 Å². The number of Topliss-reactive ketones (excluding diaryl/α,β-unsaturated/α-hetero) is 2. The van der Waals surface area contributed by atoms with Gasteiger partial charge < -0.3 is 9.72 Å². The van der Waals surface area contributed by atoms with Gasteiger partial charge in [-0.05, 0) is 72.9 Å². The summed E-state index contributed by atoms with van der Waals surface area (Å²) in [6.07, 6.45) is 4.42. The highest BCUT2D eigenvalue weighted by Crippen LogP contribution is 2.43. The SMILES string of the molecule is O=C1c2cc3c(cc2C(=O)C1c1nc2ccccc2c(=O)[nH]1)C(=O)N(c1ccc(C2CCCC2)cc1Oc1ccccc1)C3=O. The first-order valence-corrected chi connectivity index (χ1v) is 14.9. The number of fused-ring (bicyclic) bond motifs is 3. The minimum absolute atomic E-state index is 0.0138. The number of benzene rings is 4. The summed E-state index contributed by atoms with van der Waals surface area (Å²) in [6, 6.07) is 24.0. The number of H-pyrrole nitrogens is 1. The number of ether oxygens (including phenoxy) is 1. The minimum atomic E-state index is -1.38. The van der Waals surface area contributed by atoms with Crippen LogP contribution < -0.4 is 15.2 Å². The molecule has 2 heterocycles. The Bertz CT molecular complexity index is 2110. The molecule has 5 aromatic rings. The van der Waals surface area contributed by atoms with Gasteiger partial charge >= 0.3 is 0 Å². The van der Waals surface area contributed by atoms with E-state index in [2.05, 4.69) is 9.97 Å². The number of rotatable bonds is 5. The summed E-state index contributed by atoms with van der Waals surface area (Å²) in [7, 11) is 0. The van der Waals surface area contributed by atoms with Crippen LogP contribution in [0.25, 0.3) is 10.9 Å². The zero-order valence-corrected chi connectivity index (χ0v) is 23.9. The molecule has 45 heavy (non-hydrogen) atoms. The van der Waals surface area contributed by atoms with Gasteiger partial charge in [-0.25, -0.2) is 9.88 Å². The summed E-state index contributed by atoms with van der Waals surface area (Å²) >= 11 is 0. The number of hydrogen-bond acceptors (Lipinski definition) is 7. The van der Waals surface area contributed by atoms with E-state index < -0.39 is 34.9 Å². The third-order valence-electron chi connectivity index (χ3n) is 9.01. The second-order valence-electron chi connectivity index (χ2n) is 11.6. The number of anilines is 1. The average Bonchev–Trinajstić information content (AvgIpc) is 3.74. The van der Waals surface area contributed by atoms with Crippen LogP contribution in [0.3, 0.4) is 0 Å². The van der Waals surface area contributed by atoms with E-state index in [1.54, 1.807) is 42.5 Å². The number of aromatic nitrogens is 2. The second-order valence-corrected chi connectivity index (χ2v) is 11.6. The third-order valence-corrected chi connectivity index (χ3v) is 9.01. The van der Waals surface area contributed by atoms with Crippen molar-refractivity contribution in [1.82, 2.24) is 9.97 Å². The molecule has 2 amide bonds. The molecule has 0 saturated heterocycles. The van der Waals surface area contributed by atoms with Crippen LogP contribution in [0.5, 0.6) is 11.5 Å². The molecule has 220 valence electrons. The highest BCUT2D eigenvalue weighted by molar-refractivity contribution is 6.37. The predicted molar refractivity (Wildman–Crippen MR) is 166 cm³/mol. The van der Waals surface area contributed by atoms with Crippen molar-refractivity contribution >= 4 is 40.0 Å². The predicted octanol–water partition coefficient (Wildman–Crippen LogP) is 6.34. The van der Waals surface area contributed by atoms with Gasteiger partial charge in [-0.1, -0.05) is 49.2 Å². The van der Waals surface area contributed by atoms with Crippen molar-refractivity contribution in [2.75, 3.05) is 4.90 Å². The van der Waals surface area contributed by atoms with Crippen LogP contribution in [-0.2, 0) is 0 Å². The molecule has 0 spiro atoms. The van der Waals surface area contributed by atoms with E-state index in [0.717, 1.165) is 36.1 Å².